The minimum atomic E-state index is -0.465. The number of carbonyl (C=O) groups excluding carboxylic acids is 1. The fourth-order valence-electron chi connectivity index (χ4n) is 2.15. The third kappa shape index (κ3) is 3.43. The van der Waals surface area contributed by atoms with Crippen molar-refractivity contribution in [3.05, 3.63) is 28.4 Å². The fourth-order valence-corrected chi connectivity index (χ4v) is 2.15. The minimum absolute atomic E-state index is 0.0134. The Hall–Kier alpha value is -2.18. The average molecular weight is 279 g/mol. The second kappa shape index (κ2) is 6.31. The summed E-state index contributed by atoms with van der Waals surface area (Å²) in [6.07, 6.45) is 3.13. The van der Waals surface area contributed by atoms with E-state index in [4.69, 9.17) is 4.74 Å². The summed E-state index contributed by atoms with van der Waals surface area (Å²) in [5.41, 5.74) is -0.0134. The highest BCUT2D eigenvalue weighted by Crippen LogP contribution is 2.21. The highest BCUT2D eigenvalue weighted by atomic mass is 16.6. The van der Waals surface area contributed by atoms with E-state index in [1.807, 2.05) is 4.90 Å². The zero-order chi connectivity index (χ0) is 14.5. The van der Waals surface area contributed by atoms with E-state index in [0.29, 0.717) is 6.42 Å². The first-order chi connectivity index (χ1) is 9.60. The highest BCUT2D eigenvalue weighted by molar-refractivity contribution is 5.69. The van der Waals surface area contributed by atoms with Gasteiger partial charge in [0.1, 0.15) is 18.1 Å². The van der Waals surface area contributed by atoms with Crippen LogP contribution in [0.25, 0.3) is 0 Å². The van der Waals surface area contributed by atoms with Gasteiger partial charge in [0.25, 0.3) is 5.69 Å². The van der Waals surface area contributed by atoms with Crippen LogP contribution in [0.5, 0.6) is 0 Å². The molecule has 1 saturated heterocycles. The Kier molecular flexibility index (Phi) is 4.49. The van der Waals surface area contributed by atoms with Crippen LogP contribution in [-0.2, 0) is 9.53 Å². The Labute approximate surface area is 116 Å². The van der Waals surface area contributed by atoms with Crippen LogP contribution in [0.4, 0.5) is 11.5 Å². The van der Waals surface area contributed by atoms with E-state index < -0.39 is 4.92 Å². The maximum atomic E-state index is 11.2. The van der Waals surface area contributed by atoms with Crippen molar-refractivity contribution < 1.29 is 14.5 Å². The lowest BCUT2D eigenvalue weighted by Gasteiger charge is -2.32. The van der Waals surface area contributed by atoms with Crippen LogP contribution in [0, 0.1) is 10.1 Å². The lowest BCUT2D eigenvalue weighted by molar-refractivity contribution is -0.385. The standard InChI is InChI=1S/C13H17N3O4/c1-2-13(17)20-11-5-7-15(8-6-11)12-4-3-10(9-14-12)16(18)19/h3-4,9,11H,2,5-8H2,1H3. The number of nitrogens with zero attached hydrogens (tertiary/aromatic N) is 3. The number of esters is 1. The van der Waals surface area contributed by atoms with Gasteiger partial charge in [-0.25, -0.2) is 4.98 Å². The molecule has 7 heteroatoms. The Balaban J connectivity index is 1.90. The van der Waals surface area contributed by atoms with E-state index in [9.17, 15) is 14.9 Å². The number of piperidine rings is 1. The summed E-state index contributed by atoms with van der Waals surface area (Å²) in [5.74, 6) is 0.549. The average Bonchev–Trinajstić information content (AvgIpc) is 2.48. The zero-order valence-electron chi connectivity index (χ0n) is 11.3. The van der Waals surface area contributed by atoms with Crippen molar-refractivity contribution in [1.29, 1.82) is 0 Å². The predicted molar refractivity (Wildman–Crippen MR) is 72.5 cm³/mol. The van der Waals surface area contributed by atoms with Crippen molar-refractivity contribution in [2.24, 2.45) is 0 Å². The summed E-state index contributed by atoms with van der Waals surface area (Å²) in [5, 5.41) is 10.6. The molecule has 0 bridgehead atoms. The van der Waals surface area contributed by atoms with Gasteiger partial charge in [0.05, 0.1) is 4.92 Å². The molecule has 0 aliphatic carbocycles. The van der Waals surface area contributed by atoms with E-state index in [0.717, 1.165) is 31.7 Å². The molecular weight excluding hydrogens is 262 g/mol. The van der Waals surface area contributed by atoms with Gasteiger partial charge in [0.2, 0.25) is 0 Å². The molecule has 0 spiro atoms. The largest absolute Gasteiger partial charge is 0.462 e. The van der Waals surface area contributed by atoms with Crippen molar-refractivity contribution in [1.82, 2.24) is 4.98 Å². The van der Waals surface area contributed by atoms with E-state index in [2.05, 4.69) is 4.98 Å². The Bertz CT molecular complexity index is 481. The maximum absolute atomic E-state index is 11.2. The molecule has 1 aliphatic heterocycles. The Morgan fingerprint density at radius 3 is 2.70 bits per heavy atom. The summed E-state index contributed by atoms with van der Waals surface area (Å²) in [6.45, 7) is 3.23. The summed E-state index contributed by atoms with van der Waals surface area (Å²) >= 11 is 0. The number of anilines is 1. The van der Waals surface area contributed by atoms with Crippen LogP contribution in [-0.4, -0.2) is 35.1 Å². The van der Waals surface area contributed by atoms with Gasteiger partial charge in [-0.15, -0.1) is 0 Å². The van der Waals surface area contributed by atoms with Crippen molar-refractivity contribution in [2.75, 3.05) is 18.0 Å². The van der Waals surface area contributed by atoms with Crippen LogP contribution >= 0.6 is 0 Å². The van der Waals surface area contributed by atoms with Gasteiger partial charge in [-0.3, -0.25) is 14.9 Å². The first-order valence-electron chi connectivity index (χ1n) is 6.65. The third-order valence-corrected chi connectivity index (χ3v) is 3.30. The second-order valence-electron chi connectivity index (χ2n) is 4.66. The number of pyridine rings is 1. The van der Waals surface area contributed by atoms with Gasteiger partial charge in [-0.1, -0.05) is 6.92 Å². The van der Waals surface area contributed by atoms with E-state index in [1.165, 1.54) is 12.3 Å². The van der Waals surface area contributed by atoms with Gasteiger partial charge in [0, 0.05) is 38.4 Å². The normalized spacial score (nSPS) is 15.9. The number of rotatable bonds is 4. The SMILES string of the molecule is CCC(=O)OC1CCN(c2ccc([N+](=O)[O-])cn2)CC1. The molecule has 1 aliphatic rings. The van der Waals surface area contributed by atoms with Crippen LogP contribution in [0.1, 0.15) is 26.2 Å². The maximum Gasteiger partial charge on any atom is 0.305 e. The smallest absolute Gasteiger partial charge is 0.305 e. The molecule has 0 N–H and O–H groups in total. The van der Waals surface area contributed by atoms with Crippen LogP contribution < -0.4 is 4.90 Å². The molecule has 1 aromatic heterocycles. The molecule has 108 valence electrons. The summed E-state index contributed by atoms with van der Waals surface area (Å²) < 4.78 is 5.30. The van der Waals surface area contributed by atoms with Gasteiger partial charge < -0.3 is 9.64 Å². The molecule has 0 atom stereocenters. The molecule has 0 radical (unpaired) electrons. The summed E-state index contributed by atoms with van der Waals surface area (Å²) in [4.78, 5) is 27.5. The molecule has 0 aromatic carbocycles. The molecule has 0 amide bonds. The first kappa shape index (κ1) is 14.2. The lowest BCUT2D eigenvalue weighted by atomic mass is 10.1. The van der Waals surface area contributed by atoms with Gasteiger partial charge in [0.15, 0.2) is 0 Å². The monoisotopic (exact) mass is 279 g/mol. The Morgan fingerprint density at radius 2 is 2.20 bits per heavy atom. The van der Waals surface area contributed by atoms with E-state index in [-0.39, 0.29) is 17.8 Å². The molecule has 0 saturated carbocycles. The summed E-state index contributed by atoms with van der Waals surface area (Å²) in [6, 6.07) is 3.10. The van der Waals surface area contributed by atoms with Crippen molar-refractivity contribution in [2.45, 2.75) is 32.3 Å². The molecule has 2 heterocycles. The molecule has 1 fully saturated rings. The molecule has 7 nitrogen and oxygen atoms in total. The van der Waals surface area contributed by atoms with E-state index >= 15 is 0 Å². The number of aromatic nitrogens is 1. The molecule has 0 unspecified atom stereocenters. The summed E-state index contributed by atoms with van der Waals surface area (Å²) in [7, 11) is 0. The quantitative estimate of drug-likeness (QED) is 0.475. The number of hydrogen-bond acceptors (Lipinski definition) is 6. The predicted octanol–water partition coefficient (Wildman–Crippen LogP) is 1.91. The first-order valence-corrected chi connectivity index (χ1v) is 6.65. The molecule has 2 rings (SSSR count). The number of carbonyl (C=O) groups is 1. The second-order valence-corrected chi connectivity index (χ2v) is 4.66. The van der Waals surface area contributed by atoms with E-state index in [1.54, 1.807) is 13.0 Å². The fraction of sp³-hybridized carbons (Fsp3) is 0.538. The van der Waals surface area contributed by atoms with Gasteiger partial charge >= 0.3 is 5.97 Å². The molecular formula is C13H17N3O4. The van der Waals surface area contributed by atoms with Crippen molar-refractivity contribution in [3.8, 4) is 0 Å². The Morgan fingerprint density at radius 1 is 1.50 bits per heavy atom. The van der Waals surface area contributed by atoms with Gasteiger partial charge in [-0.05, 0) is 6.07 Å². The lowest BCUT2D eigenvalue weighted by Crippen LogP contribution is -2.38. The number of hydrogen-bond donors (Lipinski definition) is 0. The van der Waals surface area contributed by atoms with Crippen LogP contribution in [0.15, 0.2) is 18.3 Å². The number of ether oxygens (including phenoxy) is 1. The topological polar surface area (TPSA) is 85.6 Å². The third-order valence-electron chi connectivity index (χ3n) is 3.30. The number of nitro groups is 1. The van der Waals surface area contributed by atoms with Gasteiger partial charge in [-0.2, -0.15) is 0 Å². The zero-order valence-corrected chi connectivity index (χ0v) is 11.3. The van der Waals surface area contributed by atoms with Crippen molar-refractivity contribution >= 4 is 17.5 Å². The molecule has 20 heavy (non-hydrogen) atoms. The van der Waals surface area contributed by atoms with Crippen molar-refractivity contribution in [3.63, 3.8) is 0 Å². The van der Waals surface area contributed by atoms with Crippen LogP contribution in [0.3, 0.4) is 0 Å². The highest BCUT2D eigenvalue weighted by Gasteiger charge is 2.22. The molecule has 1 aromatic rings. The minimum Gasteiger partial charge on any atom is -0.462 e. The van der Waals surface area contributed by atoms with Crippen LogP contribution in [0.2, 0.25) is 0 Å².